The molecule has 1 aromatic heterocycles. The lowest BCUT2D eigenvalue weighted by Crippen LogP contribution is -2.34. The molecule has 3 aromatic rings. The molecular weight excluding hydrogens is 347 g/mol. The van der Waals surface area contributed by atoms with Crippen molar-refractivity contribution in [1.82, 2.24) is 14.9 Å². The molecule has 0 radical (unpaired) electrons. The summed E-state index contributed by atoms with van der Waals surface area (Å²) in [7, 11) is 0. The van der Waals surface area contributed by atoms with Gasteiger partial charge in [0.05, 0.1) is 24.0 Å². The number of H-pyrrole nitrogens is 1. The molecule has 0 saturated carbocycles. The van der Waals surface area contributed by atoms with Crippen molar-refractivity contribution >= 4 is 22.5 Å². The molecule has 27 heavy (non-hydrogen) atoms. The van der Waals surface area contributed by atoms with E-state index < -0.39 is 5.82 Å². The summed E-state index contributed by atoms with van der Waals surface area (Å²) in [4.78, 5) is 33.6. The smallest absolute Gasteiger partial charge is 0.258 e. The summed E-state index contributed by atoms with van der Waals surface area (Å²) >= 11 is 0. The zero-order valence-electron chi connectivity index (χ0n) is 15.3. The Morgan fingerprint density at radius 3 is 2.81 bits per heavy atom. The molecule has 3 rings (SSSR count). The van der Waals surface area contributed by atoms with E-state index in [1.54, 1.807) is 31.2 Å². The first-order chi connectivity index (χ1) is 13.0. The lowest BCUT2D eigenvalue weighted by molar-refractivity contribution is -0.117. The molecule has 0 atom stereocenters. The average molecular weight is 368 g/mol. The first-order valence-electron chi connectivity index (χ1n) is 8.72. The summed E-state index contributed by atoms with van der Waals surface area (Å²) < 4.78 is 13.4. The number of amides is 1. The predicted molar refractivity (Wildman–Crippen MR) is 103 cm³/mol. The number of aryl methyl sites for hydroxylation is 1. The molecule has 0 aliphatic carbocycles. The SMILES string of the molecule is CCN(CC(=O)Nc1cc(F)ccc1C)Cc1nc2ccccc2c(=O)[nH]1. The van der Waals surface area contributed by atoms with Crippen LogP contribution in [0.15, 0.2) is 47.3 Å². The van der Waals surface area contributed by atoms with Gasteiger partial charge in [-0.2, -0.15) is 0 Å². The minimum absolute atomic E-state index is 0.100. The number of halogens is 1. The predicted octanol–water partition coefficient (Wildman–Crippen LogP) is 2.83. The number of fused-ring (bicyclic) bond motifs is 1. The maximum absolute atomic E-state index is 13.4. The van der Waals surface area contributed by atoms with Crippen LogP contribution in [0, 0.1) is 12.7 Å². The van der Waals surface area contributed by atoms with E-state index in [1.807, 2.05) is 17.9 Å². The molecule has 2 aromatic carbocycles. The van der Waals surface area contributed by atoms with Gasteiger partial charge in [-0.1, -0.05) is 25.1 Å². The Morgan fingerprint density at radius 1 is 1.26 bits per heavy atom. The van der Waals surface area contributed by atoms with Crippen molar-refractivity contribution in [1.29, 1.82) is 0 Å². The zero-order chi connectivity index (χ0) is 19.4. The van der Waals surface area contributed by atoms with Crippen LogP contribution in [0.3, 0.4) is 0 Å². The quantitative estimate of drug-likeness (QED) is 0.701. The maximum Gasteiger partial charge on any atom is 0.258 e. The second-order valence-electron chi connectivity index (χ2n) is 6.34. The fraction of sp³-hybridized carbons (Fsp3) is 0.250. The second-order valence-corrected chi connectivity index (χ2v) is 6.34. The average Bonchev–Trinajstić information content (AvgIpc) is 2.64. The van der Waals surface area contributed by atoms with Gasteiger partial charge in [-0.25, -0.2) is 9.37 Å². The minimum atomic E-state index is -0.402. The summed E-state index contributed by atoms with van der Waals surface area (Å²) in [6.07, 6.45) is 0. The fourth-order valence-corrected chi connectivity index (χ4v) is 2.82. The largest absolute Gasteiger partial charge is 0.325 e. The monoisotopic (exact) mass is 368 g/mol. The van der Waals surface area contributed by atoms with Crippen molar-refractivity contribution in [3.05, 3.63) is 70.0 Å². The van der Waals surface area contributed by atoms with Crippen LogP contribution in [0.5, 0.6) is 0 Å². The van der Waals surface area contributed by atoms with E-state index in [9.17, 15) is 14.0 Å². The first-order valence-corrected chi connectivity index (χ1v) is 8.72. The Bertz CT molecular complexity index is 1030. The summed E-state index contributed by atoms with van der Waals surface area (Å²) in [5, 5.41) is 3.26. The van der Waals surface area contributed by atoms with Gasteiger partial charge in [-0.15, -0.1) is 0 Å². The van der Waals surface area contributed by atoms with Crippen LogP contribution in [0.2, 0.25) is 0 Å². The Morgan fingerprint density at radius 2 is 2.04 bits per heavy atom. The normalized spacial score (nSPS) is 11.1. The Balaban J connectivity index is 1.71. The van der Waals surface area contributed by atoms with Gasteiger partial charge < -0.3 is 10.3 Å². The Labute approximate surface area is 156 Å². The van der Waals surface area contributed by atoms with E-state index >= 15 is 0 Å². The number of aromatic nitrogens is 2. The van der Waals surface area contributed by atoms with Gasteiger partial charge in [0.2, 0.25) is 5.91 Å². The van der Waals surface area contributed by atoms with Gasteiger partial charge in [0.1, 0.15) is 11.6 Å². The fourth-order valence-electron chi connectivity index (χ4n) is 2.82. The number of nitrogens with one attached hydrogen (secondary N) is 2. The molecule has 1 amide bonds. The lowest BCUT2D eigenvalue weighted by atomic mass is 10.2. The molecule has 0 spiro atoms. The molecule has 140 valence electrons. The van der Waals surface area contributed by atoms with Crippen LogP contribution < -0.4 is 10.9 Å². The number of carbonyl (C=O) groups excluding carboxylic acids is 1. The van der Waals surface area contributed by atoms with Crippen LogP contribution in [-0.4, -0.2) is 33.9 Å². The molecule has 0 fully saturated rings. The van der Waals surface area contributed by atoms with Crippen LogP contribution >= 0.6 is 0 Å². The van der Waals surface area contributed by atoms with Crippen LogP contribution in [0.25, 0.3) is 10.9 Å². The molecule has 0 unspecified atom stereocenters. The number of carbonyl (C=O) groups is 1. The van der Waals surface area contributed by atoms with Gasteiger partial charge in [-0.3, -0.25) is 14.5 Å². The van der Waals surface area contributed by atoms with E-state index in [4.69, 9.17) is 0 Å². The first kappa shape index (κ1) is 18.7. The molecule has 0 aliphatic rings. The van der Waals surface area contributed by atoms with Crippen molar-refractivity contribution in [2.24, 2.45) is 0 Å². The highest BCUT2D eigenvalue weighted by Gasteiger charge is 2.13. The van der Waals surface area contributed by atoms with Gasteiger partial charge in [0, 0.05) is 5.69 Å². The molecule has 2 N–H and O–H groups in total. The molecule has 0 saturated heterocycles. The van der Waals surface area contributed by atoms with E-state index in [0.29, 0.717) is 35.5 Å². The molecule has 0 bridgehead atoms. The summed E-state index contributed by atoms with van der Waals surface area (Å²) in [5.74, 6) is -0.162. The molecule has 1 heterocycles. The van der Waals surface area contributed by atoms with Gasteiger partial charge in [0.25, 0.3) is 5.56 Å². The Hall–Kier alpha value is -3.06. The third-order valence-corrected chi connectivity index (χ3v) is 4.32. The van der Waals surface area contributed by atoms with Crippen LogP contribution in [-0.2, 0) is 11.3 Å². The van der Waals surface area contributed by atoms with Crippen molar-refractivity contribution in [3.8, 4) is 0 Å². The number of hydrogen-bond donors (Lipinski definition) is 2. The van der Waals surface area contributed by atoms with E-state index in [-0.39, 0.29) is 18.0 Å². The van der Waals surface area contributed by atoms with Crippen LogP contribution in [0.1, 0.15) is 18.3 Å². The summed E-state index contributed by atoms with van der Waals surface area (Å²) in [6.45, 7) is 4.73. The van der Waals surface area contributed by atoms with E-state index in [1.165, 1.54) is 12.1 Å². The van der Waals surface area contributed by atoms with Crippen molar-refractivity contribution in [2.75, 3.05) is 18.4 Å². The standard InChI is InChI=1S/C20H21FN4O2/c1-3-25(12-19(26)23-17-10-14(21)9-8-13(17)2)11-18-22-16-7-5-4-6-15(16)20(27)24-18/h4-10H,3,11-12H2,1-2H3,(H,23,26)(H,22,24,27). The maximum atomic E-state index is 13.4. The summed E-state index contributed by atoms with van der Waals surface area (Å²) in [6, 6.07) is 11.4. The third kappa shape index (κ3) is 4.57. The van der Waals surface area contributed by atoms with E-state index in [2.05, 4.69) is 15.3 Å². The number of hydrogen-bond acceptors (Lipinski definition) is 4. The number of benzene rings is 2. The van der Waals surface area contributed by atoms with Gasteiger partial charge in [0.15, 0.2) is 0 Å². The minimum Gasteiger partial charge on any atom is -0.325 e. The number of anilines is 1. The van der Waals surface area contributed by atoms with Gasteiger partial charge >= 0.3 is 0 Å². The molecule has 7 heteroatoms. The lowest BCUT2D eigenvalue weighted by Gasteiger charge is -2.19. The highest BCUT2D eigenvalue weighted by atomic mass is 19.1. The number of rotatable bonds is 6. The van der Waals surface area contributed by atoms with E-state index in [0.717, 1.165) is 5.56 Å². The molecule has 0 aliphatic heterocycles. The van der Waals surface area contributed by atoms with Gasteiger partial charge in [-0.05, 0) is 43.3 Å². The zero-order valence-corrected chi connectivity index (χ0v) is 15.3. The van der Waals surface area contributed by atoms with Crippen LogP contribution in [0.4, 0.5) is 10.1 Å². The topological polar surface area (TPSA) is 78.1 Å². The number of nitrogens with zero attached hydrogens (tertiary/aromatic N) is 2. The summed E-state index contributed by atoms with van der Waals surface area (Å²) in [5.41, 5.74) is 1.65. The number of aromatic amines is 1. The van der Waals surface area contributed by atoms with Crippen molar-refractivity contribution < 1.29 is 9.18 Å². The molecule has 6 nitrogen and oxygen atoms in total. The Kier molecular flexibility index (Phi) is 5.61. The van der Waals surface area contributed by atoms with Crippen molar-refractivity contribution in [3.63, 3.8) is 0 Å². The number of likely N-dealkylation sites (N-methyl/N-ethyl adjacent to an activating group) is 1. The second kappa shape index (κ2) is 8.09. The van der Waals surface area contributed by atoms with Crippen molar-refractivity contribution in [2.45, 2.75) is 20.4 Å². The molecular formula is C20H21FN4O2. The highest BCUT2D eigenvalue weighted by Crippen LogP contribution is 2.16. The highest BCUT2D eigenvalue weighted by molar-refractivity contribution is 5.92. The number of para-hydroxylation sites is 1. The third-order valence-electron chi connectivity index (χ3n) is 4.32.